The molecule has 0 aliphatic heterocycles. The fourth-order valence-electron chi connectivity index (χ4n) is 9.67. The maximum absolute atomic E-state index is 5.80. The molecular weight excluding hydrogens is 715 g/mol. The Morgan fingerprint density at radius 1 is 0.373 bits per heavy atom. The van der Waals surface area contributed by atoms with Crippen molar-refractivity contribution in [1.29, 1.82) is 0 Å². The van der Waals surface area contributed by atoms with Gasteiger partial charge in [-0.25, -0.2) is 9.97 Å². The van der Waals surface area contributed by atoms with Crippen LogP contribution in [0.4, 0.5) is 0 Å². The number of hydrogen-bond donors (Lipinski definition) is 0. The second kappa shape index (κ2) is 13.2. The molecule has 3 aromatic heterocycles. The number of rotatable bonds is 5. The summed E-state index contributed by atoms with van der Waals surface area (Å²) in [6.45, 7) is 0. The molecule has 0 radical (unpaired) electrons. The quantitative estimate of drug-likeness (QED) is 0.176. The van der Waals surface area contributed by atoms with E-state index in [1.165, 1.54) is 27.5 Å². The Balaban J connectivity index is 1.16. The van der Waals surface area contributed by atoms with E-state index in [1.54, 1.807) is 0 Å². The van der Waals surface area contributed by atoms with Gasteiger partial charge in [0.1, 0.15) is 0 Å². The van der Waals surface area contributed by atoms with Crippen molar-refractivity contribution in [3.63, 3.8) is 0 Å². The number of pyridine rings is 3. The summed E-state index contributed by atoms with van der Waals surface area (Å²) in [4.78, 5) is 16.1. The predicted molar refractivity (Wildman–Crippen MR) is 243 cm³/mol. The van der Waals surface area contributed by atoms with Gasteiger partial charge >= 0.3 is 0 Å². The normalized spacial score (nSPS) is 12.9. The number of benzene rings is 8. The van der Waals surface area contributed by atoms with Gasteiger partial charge < -0.3 is 0 Å². The molecule has 3 heteroatoms. The molecule has 0 bridgehead atoms. The highest BCUT2D eigenvalue weighted by Crippen LogP contribution is 2.59. The lowest BCUT2D eigenvalue weighted by atomic mass is 9.67. The third-order valence-electron chi connectivity index (χ3n) is 12.3. The number of nitrogens with zero attached hydrogens (tertiary/aromatic N) is 3. The molecule has 0 N–H and O–H groups in total. The first-order valence-electron chi connectivity index (χ1n) is 20.2. The van der Waals surface area contributed by atoms with Gasteiger partial charge in [-0.05, 0) is 92.2 Å². The molecule has 12 rings (SSSR count). The zero-order valence-electron chi connectivity index (χ0n) is 32.0. The summed E-state index contributed by atoms with van der Waals surface area (Å²) in [6.07, 6.45) is 1.93. The molecule has 0 unspecified atom stereocenters. The molecular formula is C56H35N3. The lowest BCUT2D eigenvalue weighted by molar-refractivity contribution is 0.768. The largest absolute Gasteiger partial charge is 0.256 e. The van der Waals surface area contributed by atoms with Gasteiger partial charge in [-0.15, -0.1) is 0 Å². The minimum atomic E-state index is -0.663. The Morgan fingerprint density at radius 3 is 1.88 bits per heavy atom. The van der Waals surface area contributed by atoms with Crippen molar-refractivity contribution >= 4 is 43.5 Å². The first-order chi connectivity index (χ1) is 29.2. The van der Waals surface area contributed by atoms with Crippen LogP contribution in [0.1, 0.15) is 22.3 Å². The average Bonchev–Trinajstić information content (AvgIpc) is 3.60. The summed E-state index contributed by atoms with van der Waals surface area (Å²) in [5.74, 6) is 0. The zero-order chi connectivity index (χ0) is 38.9. The highest BCUT2D eigenvalue weighted by molar-refractivity contribution is 6.10. The third-order valence-corrected chi connectivity index (χ3v) is 12.3. The lowest BCUT2D eigenvalue weighted by Crippen LogP contribution is -2.28. The monoisotopic (exact) mass is 749 g/mol. The van der Waals surface area contributed by atoms with Crippen molar-refractivity contribution in [2.45, 2.75) is 5.41 Å². The van der Waals surface area contributed by atoms with E-state index in [1.807, 2.05) is 12.3 Å². The Hall–Kier alpha value is -7.75. The van der Waals surface area contributed by atoms with Gasteiger partial charge in [0.15, 0.2) is 0 Å². The summed E-state index contributed by atoms with van der Waals surface area (Å²) in [5.41, 5.74) is 15.5. The summed E-state index contributed by atoms with van der Waals surface area (Å²) >= 11 is 0. The summed E-state index contributed by atoms with van der Waals surface area (Å²) in [5, 5.41) is 5.76. The molecule has 274 valence electrons. The maximum atomic E-state index is 5.80. The molecule has 0 fully saturated rings. The van der Waals surface area contributed by atoms with Crippen LogP contribution in [0, 0.1) is 0 Å². The van der Waals surface area contributed by atoms with Gasteiger partial charge in [0.05, 0.1) is 33.4 Å². The zero-order valence-corrected chi connectivity index (χ0v) is 32.0. The second-order valence-electron chi connectivity index (χ2n) is 15.5. The molecule has 0 atom stereocenters. The molecule has 59 heavy (non-hydrogen) atoms. The summed E-state index contributed by atoms with van der Waals surface area (Å²) in [6, 6.07) is 74.3. The van der Waals surface area contributed by atoms with Crippen LogP contribution in [-0.4, -0.2) is 15.0 Å². The van der Waals surface area contributed by atoms with Crippen molar-refractivity contribution in [3.8, 4) is 44.8 Å². The van der Waals surface area contributed by atoms with Crippen LogP contribution < -0.4 is 0 Å². The van der Waals surface area contributed by atoms with E-state index < -0.39 is 5.41 Å². The van der Waals surface area contributed by atoms with Gasteiger partial charge in [-0.1, -0.05) is 164 Å². The van der Waals surface area contributed by atoms with Gasteiger partial charge in [0, 0.05) is 39.0 Å². The molecule has 3 heterocycles. The smallest absolute Gasteiger partial charge is 0.0805 e. The van der Waals surface area contributed by atoms with Gasteiger partial charge in [-0.2, -0.15) is 0 Å². The third kappa shape index (κ3) is 5.11. The van der Waals surface area contributed by atoms with E-state index in [9.17, 15) is 0 Å². The van der Waals surface area contributed by atoms with E-state index in [2.05, 4.69) is 200 Å². The minimum Gasteiger partial charge on any atom is -0.256 e. The van der Waals surface area contributed by atoms with E-state index in [0.717, 1.165) is 83.0 Å². The van der Waals surface area contributed by atoms with Crippen LogP contribution in [0.3, 0.4) is 0 Å². The minimum absolute atomic E-state index is 0.663. The maximum Gasteiger partial charge on any atom is 0.0805 e. The predicted octanol–water partition coefficient (Wildman–Crippen LogP) is 13.8. The molecule has 1 aliphatic rings. The Labute approximate surface area is 342 Å². The molecule has 3 nitrogen and oxygen atoms in total. The highest BCUT2D eigenvalue weighted by Gasteiger charge is 2.48. The molecule has 8 aromatic carbocycles. The van der Waals surface area contributed by atoms with E-state index in [0.29, 0.717) is 0 Å². The standard InChI is InChI=1S/C56H35N3/c1-3-20-43(21-4-1)56(44-22-5-2-6-23-44)48-35-47(40-28-27-36-14-7-8-16-38(36)32-40)46-25-13-31-57-54(46)52(48)55-49(56)34-42-19-12-24-45(53(42)59-55)39-17-11-18-41(33-39)51-30-29-37-15-9-10-26-50(37)58-51/h1-35H. The van der Waals surface area contributed by atoms with Gasteiger partial charge in [0.2, 0.25) is 0 Å². The first-order valence-corrected chi connectivity index (χ1v) is 20.2. The second-order valence-corrected chi connectivity index (χ2v) is 15.5. The van der Waals surface area contributed by atoms with Gasteiger partial charge in [-0.3, -0.25) is 4.98 Å². The van der Waals surface area contributed by atoms with Crippen LogP contribution in [0.25, 0.3) is 88.2 Å². The van der Waals surface area contributed by atoms with E-state index in [-0.39, 0.29) is 0 Å². The van der Waals surface area contributed by atoms with Crippen LogP contribution in [0.2, 0.25) is 0 Å². The van der Waals surface area contributed by atoms with Crippen LogP contribution in [0.15, 0.2) is 212 Å². The average molecular weight is 750 g/mol. The Morgan fingerprint density at radius 2 is 1.05 bits per heavy atom. The lowest BCUT2D eigenvalue weighted by Gasteiger charge is -2.34. The fraction of sp³-hybridized carbons (Fsp3) is 0.0179. The molecule has 0 saturated heterocycles. The number of aromatic nitrogens is 3. The fourth-order valence-corrected chi connectivity index (χ4v) is 9.67. The van der Waals surface area contributed by atoms with Crippen LogP contribution >= 0.6 is 0 Å². The van der Waals surface area contributed by atoms with E-state index in [4.69, 9.17) is 15.0 Å². The Kier molecular flexibility index (Phi) is 7.45. The van der Waals surface area contributed by atoms with Crippen molar-refractivity contribution in [1.82, 2.24) is 15.0 Å². The SMILES string of the molecule is c1ccc(C2(c3ccccc3)c3cc4cccc(-c5cccc(-c6ccc7ccccc7n6)c5)c4nc3-c3c2cc(-c2ccc4ccccc4c2)c2cccnc32)cc1. The van der Waals surface area contributed by atoms with Crippen molar-refractivity contribution < 1.29 is 0 Å². The number of para-hydroxylation sites is 2. The molecule has 0 saturated carbocycles. The Bertz CT molecular complexity index is 3410. The number of fused-ring (bicyclic) bond motifs is 8. The molecule has 11 aromatic rings. The topological polar surface area (TPSA) is 38.7 Å². The van der Waals surface area contributed by atoms with Gasteiger partial charge in [0.25, 0.3) is 0 Å². The summed E-state index contributed by atoms with van der Waals surface area (Å²) < 4.78 is 0. The van der Waals surface area contributed by atoms with Crippen molar-refractivity contribution in [2.24, 2.45) is 0 Å². The molecule has 1 aliphatic carbocycles. The van der Waals surface area contributed by atoms with Crippen LogP contribution in [0.5, 0.6) is 0 Å². The van der Waals surface area contributed by atoms with Crippen molar-refractivity contribution in [3.05, 3.63) is 235 Å². The highest BCUT2D eigenvalue weighted by atomic mass is 14.8. The molecule has 0 spiro atoms. The first kappa shape index (κ1) is 33.4. The van der Waals surface area contributed by atoms with Crippen LogP contribution in [-0.2, 0) is 5.41 Å². The van der Waals surface area contributed by atoms with Crippen molar-refractivity contribution in [2.75, 3.05) is 0 Å². The number of hydrogen-bond acceptors (Lipinski definition) is 3. The summed E-state index contributed by atoms with van der Waals surface area (Å²) in [7, 11) is 0. The van der Waals surface area contributed by atoms with E-state index >= 15 is 0 Å². The molecule has 0 amide bonds.